The predicted octanol–water partition coefficient (Wildman–Crippen LogP) is 3.90. The SMILES string of the molecule is Cc1[nH]c2c(C(=O)NCc3ccc(-n4cccn4)cc3)cccc2c1C. The molecule has 5 heteroatoms. The van der Waals surface area contributed by atoms with Crippen molar-refractivity contribution in [3.63, 3.8) is 0 Å². The molecule has 26 heavy (non-hydrogen) atoms. The number of amides is 1. The second kappa shape index (κ2) is 6.52. The first-order chi connectivity index (χ1) is 12.6. The van der Waals surface area contributed by atoms with Crippen molar-refractivity contribution in [3.8, 4) is 5.69 Å². The quantitative estimate of drug-likeness (QED) is 0.590. The van der Waals surface area contributed by atoms with Crippen molar-refractivity contribution in [3.05, 3.63) is 83.3 Å². The van der Waals surface area contributed by atoms with Crippen LogP contribution in [0.4, 0.5) is 0 Å². The largest absolute Gasteiger partial charge is 0.358 e. The van der Waals surface area contributed by atoms with Gasteiger partial charge in [0.1, 0.15) is 0 Å². The van der Waals surface area contributed by atoms with E-state index in [2.05, 4.69) is 22.3 Å². The Morgan fingerprint density at radius 2 is 1.92 bits per heavy atom. The van der Waals surface area contributed by atoms with Gasteiger partial charge in [0.25, 0.3) is 5.91 Å². The van der Waals surface area contributed by atoms with Crippen molar-refractivity contribution in [2.75, 3.05) is 0 Å². The van der Waals surface area contributed by atoms with E-state index in [4.69, 9.17) is 0 Å². The molecular weight excluding hydrogens is 324 g/mol. The van der Waals surface area contributed by atoms with E-state index in [9.17, 15) is 4.79 Å². The Hall–Kier alpha value is -3.34. The number of carbonyl (C=O) groups is 1. The van der Waals surface area contributed by atoms with E-state index in [1.54, 1.807) is 10.9 Å². The van der Waals surface area contributed by atoms with Crippen LogP contribution in [0.15, 0.2) is 60.9 Å². The third kappa shape index (κ3) is 2.88. The summed E-state index contributed by atoms with van der Waals surface area (Å²) in [7, 11) is 0. The number of hydrogen-bond acceptors (Lipinski definition) is 2. The standard InChI is InChI=1S/C21H20N4O/c1-14-15(2)24-20-18(14)5-3-6-19(20)21(26)22-13-16-7-9-17(10-8-16)25-12-4-11-23-25/h3-12,24H,13H2,1-2H3,(H,22,26). The van der Waals surface area contributed by atoms with Gasteiger partial charge in [-0.15, -0.1) is 0 Å². The Morgan fingerprint density at radius 3 is 2.65 bits per heavy atom. The van der Waals surface area contributed by atoms with Gasteiger partial charge in [-0.3, -0.25) is 4.79 Å². The molecule has 1 amide bonds. The third-order valence-electron chi connectivity index (χ3n) is 4.75. The van der Waals surface area contributed by atoms with E-state index >= 15 is 0 Å². The van der Waals surface area contributed by atoms with Gasteiger partial charge in [-0.2, -0.15) is 5.10 Å². The van der Waals surface area contributed by atoms with Gasteiger partial charge in [0.15, 0.2) is 0 Å². The van der Waals surface area contributed by atoms with Gasteiger partial charge in [-0.25, -0.2) is 4.68 Å². The topological polar surface area (TPSA) is 62.7 Å². The summed E-state index contributed by atoms with van der Waals surface area (Å²) in [6.07, 6.45) is 3.65. The minimum absolute atomic E-state index is 0.0759. The Morgan fingerprint density at radius 1 is 1.12 bits per heavy atom. The minimum Gasteiger partial charge on any atom is -0.358 e. The molecule has 2 aromatic heterocycles. The number of rotatable bonds is 4. The van der Waals surface area contributed by atoms with Gasteiger partial charge < -0.3 is 10.3 Å². The number of fused-ring (bicyclic) bond motifs is 1. The number of benzene rings is 2. The van der Waals surface area contributed by atoms with Crippen LogP contribution in [0.1, 0.15) is 27.2 Å². The number of aryl methyl sites for hydroxylation is 2. The van der Waals surface area contributed by atoms with Crippen LogP contribution in [0.25, 0.3) is 16.6 Å². The molecule has 0 saturated carbocycles. The summed E-state index contributed by atoms with van der Waals surface area (Å²) in [5.74, 6) is -0.0759. The van der Waals surface area contributed by atoms with Crippen molar-refractivity contribution in [1.29, 1.82) is 0 Å². The molecule has 0 aliphatic carbocycles. The zero-order valence-electron chi connectivity index (χ0n) is 14.8. The van der Waals surface area contributed by atoms with Gasteiger partial charge >= 0.3 is 0 Å². The molecule has 4 aromatic rings. The first-order valence-electron chi connectivity index (χ1n) is 8.58. The van der Waals surface area contributed by atoms with E-state index < -0.39 is 0 Å². The molecule has 0 aliphatic rings. The summed E-state index contributed by atoms with van der Waals surface area (Å²) in [4.78, 5) is 16.0. The fraction of sp³-hybridized carbons (Fsp3) is 0.143. The average molecular weight is 344 g/mol. The maximum Gasteiger partial charge on any atom is 0.253 e. The summed E-state index contributed by atoms with van der Waals surface area (Å²) >= 11 is 0. The van der Waals surface area contributed by atoms with Crippen LogP contribution in [-0.4, -0.2) is 20.7 Å². The fourth-order valence-corrected chi connectivity index (χ4v) is 3.14. The van der Waals surface area contributed by atoms with E-state index in [1.165, 1.54) is 5.56 Å². The lowest BCUT2D eigenvalue weighted by Crippen LogP contribution is -2.23. The van der Waals surface area contributed by atoms with Gasteiger partial charge in [0.05, 0.1) is 16.8 Å². The zero-order valence-corrected chi connectivity index (χ0v) is 14.8. The van der Waals surface area contributed by atoms with Crippen LogP contribution in [0.3, 0.4) is 0 Å². The summed E-state index contributed by atoms with van der Waals surface area (Å²) in [6.45, 7) is 4.57. The highest BCUT2D eigenvalue weighted by Crippen LogP contribution is 2.24. The van der Waals surface area contributed by atoms with Gasteiger partial charge in [0, 0.05) is 30.0 Å². The fourth-order valence-electron chi connectivity index (χ4n) is 3.14. The second-order valence-electron chi connectivity index (χ2n) is 6.40. The van der Waals surface area contributed by atoms with Gasteiger partial charge in [-0.1, -0.05) is 24.3 Å². The number of hydrogen-bond donors (Lipinski definition) is 2. The molecule has 4 rings (SSSR count). The van der Waals surface area contributed by atoms with Crippen molar-refractivity contribution in [2.24, 2.45) is 0 Å². The Kier molecular flexibility index (Phi) is 4.05. The van der Waals surface area contributed by atoms with Crippen molar-refractivity contribution >= 4 is 16.8 Å². The van der Waals surface area contributed by atoms with Crippen LogP contribution < -0.4 is 5.32 Å². The molecule has 0 radical (unpaired) electrons. The van der Waals surface area contributed by atoms with Gasteiger partial charge in [0.2, 0.25) is 0 Å². The lowest BCUT2D eigenvalue weighted by atomic mass is 10.1. The van der Waals surface area contributed by atoms with E-state index in [0.29, 0.717) is 12.1 Å². The zero-order chi connectivity index (χ0) is 18.1. The van der Waals surface area contributed by atoms with Crippen molar-refractivity contribution in [2.45, 2.75) is 20.4 Å². The van der Waals surface area contributed by atoms with Crippen LogP contribution in [0, 0.1) is 13.8 Å². The Labute approximate surface area is 151 Å². The minimum atomic E-state index is -0.0759. The van der Waals surface area contributed by atoms with Crippen molar-refractivity contribution in [1.82, 2.24) is 20.1 Å². The molecule has 0 spiro atoms. The maximum absolute atomic E-state index is 12.7. The van der Waals surface area contributed by atoms with Crippen LogP contribution >= 0.6 is 0 Å². The summed E-state index contributed by atoms with van der Waals surface area (Å²) in [5.41, 5.74) is 5.88. The predicted molar refractivity (Wildman–Crippen MR) is 103 cm³/mol. The number of aromatic nitrogens is 3. The molecule has 0 bridgehead atoms. The normalized spacial score (nSPS) is 11.0. The first kappa shape index (κ1) is 16.1. The molecule has 5 nitrogen and oxygen atoms in total. The molecule has 2 heterocycles. The molecular formula is C21H20N4O. The van der Waals surface area contributed by atoms with Crippen LogP contribution in [-0.2, 0) is 6.54 Å². The molecule has 0 fully saturated rings. The highest BCUT2D eigenvalue weighted by Gasteiger charge is 2.13. The number of aromatic amines is 1. The average Bonchev–Trinajstić information content (AvgIpc) is 3.29. The number of para-hydroxylation sites is 1. The number of carbonyl (C=O) groups excluding carboxylic acids is 1. The number of nitrogens with zero attached hydrogens (tertiary/aromatic N) is 2. The van der Waals surface area contributed by atoms with E-state index in [-0.39, 0.29) is 5.91 Å². The number of nitrogens with one attached hydrogen (secondary N) is 2. The molecule has 2 aromatic carbocycles. The lowest BCUT2D eigenvalue weighted by Gasteiger charge is -2.08. The Balaban J connectivity index is 1.50. The summed E-state index contributed by atoms with van der Waals surface area (Å²) < 4.78 is 1.80. The monoisotopic (exact) mass is 344 g/mol. The molecule has 0 aliphatic heterocycles. The molecule has 0 unspecified atom stereocenters. The van der Waals surface area contributed by atoms with E-state index in [0.717, 1.165) is 27.8 Å². The maximum atomic E-state index is 12.7. The highest BCUT2D eigenvalue weighted by atomic mass is 16.1. The molecule has 130 valence electrons. The van der Waals surface area contributed by atoms with Crippen molar-refractivity contribution < 1.29 is 4.79 Å². The Bertz CT molecular complexity index is 1060. The number of H-pyrrole nitrogens is 1. The second-order valence-corrected chi connectivity index (χ2v) is 6.40. The summed E-state index contributed by atoms with van der Waals surface area (Å²) in [6, 6.07) is 15.7. The third-order valence-corrected chi connectivity index (χ3v) is 4.75. The lowest BCUT2D eigenvalue weighted by molar-refractivity contribution is 0.0952. The first-order valence-corrected chi connectivity index (χ1v) is 8.58. The molecule has 0 atom stereocenters. The molecule has 0 saturated heterocycles. The smallest absolute Gasteiger partial charge is 0.253 e. The van der Waals surface area contributed by atoms with Gasteiger partial charge in [-0.05, 0) is 49.2 Å². The van der Waals surface area contributed by atoms with E-state index in [1.807, 2.05) is 61.7 Å². The highest BCUT2D eigenvalue weighted by molar-refractivity contribution is 6.06. The molecule has 2 N–H and O–H groups in total. The summed E-state index contributed by atoms with van der Waals surface area (Å²) in [5, 5.41) is 8.32. The van der Waals surface area contributed by atoms with Crippen LogP contribution in [0.5, 0.6) is 0 Å². The van der Waals surface area contributed by atoms with Crippen LogP contribution in [0.2, 0.25) is 0 Å².